The van der Waals surface area contributed by atoms with Gasteiger partial charge in [0.2, 0.25) is 5.91 Å². The quantitative estimate of drug-likeness (QED) is 0.259. The fourth-order valence-electron chi connectivity index (χ4n) is 5.36. The molecule has 9 heteroatoms. The van der Waals surface area contributed by atoms with Crippen LogP contribution in [0.2, 0.25) is 5.02 Å². The Hall–Kier alpha value is -3.88. The third-order valence-corrected chi connectivity index (χ3v) is 7.62. The summed E-state index contributed by atoms with van der Waals surface area (Å²) in [6.45, 7) is 7.77. The summed E-state index contributed by atoms with van der Waals surface area (Å²) in [7, 11) is 1.58. The van der Waals surface area contributed by atoms with Crippen LogP contribution in [-0.2, 0) is 4.79 Å². The smallest absolute Gasteiger partial charge is 0.221 e. The molecule has 39 heavy (non-hydrogen) atoms. The number of anilines is 2. The highest BCUT2D eigenvalue weighted by Crippen LogP contribution is 2.45. The number of ether oxygens (including phenoxy) is 1. The van der Waals surface area contributed by atoms with Gasteiger partial charge in [0.25, 0.3) is 0 Å². The van der Waals surface area contributed by atoms with E-state index in [1.165, 1.54) is 6.92 Å². The van der Waals surface area contributed by atoms with E-state index >= 15 is 0 Å². The molecule has 2 atom stereocenters. The van der Waals surface area contributed by atoms with Gasteiger partial charge >= 0.3 is 0 Å². The van der Waals surface area contributed by atoms with Crippen LogP contribution >= 0.6 is 23.8 Å². The molecule has 0 aliphatic carbocycles. The minimum absolute atomic E-state index is 0.184. The Morgan fingerprint density at radius 1 is 1.10 bits per heavy atom. The molecule has 2 aromatic carbocycles. The standard InChI is InChI=1S/C30H30ClN5O2S/c1-17-9-10-21(31)15-26(17)35-18(2)14-23(19(35)3)29-28(24-8-6-7-13-32-24)34-30(39)36(29)22-11-12-27(38-5)25(16-22)33-20(4)37/h6-16,28-29H,1-5H3,(H,33,37)(H,34,39)/t28-,29-/m0/s1. The number of halogens is 1. The molecular formula is C30H30ClN5O2S. The maximum absolute atomic E-state index is 11.9. The Kier molecular flexibility index (Phi) is 7.34. The Labute approximate surface area is 238 Å². The predicted molar refractivity (Wildman–Crippen MR) is 160 cm³/mol. The lowest BCUT2D eigenvalue weighted by Gasteiger charge is -2.29. The van der Waals surface area contributed by atoms with Crippen molar-refractivity contribution in [3.05, 3.63) is 100 Å². The molecule has 0 spiro atoms. The fraction of sp³-hybridized carbons (Fsp3) is 0.233. The van der Waals surface area contributed by atoms with Crippen molar-refractivity contribution in [2.75, 3.05) is 17.3 Å². The number of thiocarbonyl (C=S) groups is 1. The number of nitrogens with zero attached hydrogens (tertiary/aromatic N) is 3. The van der Waals surface area contributed by atoms with Crippen LogP contribution in [0.5, 0.6) is 5.75 Å². The maximum atomic E-state index is 11.9. The first-order chi connectivity index (χ1) is 18.7. The maximum Gasteiger partial charge on any atom is 0.221 e. The number of aromatic nitrogens is 2. The lowest BCUT2D eigenvalue weighted by atomic mass is 9.96. The van der Waals surface area contributed by atoms with Gasteiger partial charge < -0.3 is 24.8 Å². The molecule has 1 fully saturated rings. The molecular weight excluding hydrogens is 530 g/mol. The van der Waals surface area contributed by atoms with E-state index in [0.29, 0.717) is 21.6 Å². The van der Waals surface area contributed by atoms with E-state index in [4.69, 9.17) is 28.6 Å². The van der Waals surface area contributed by atoms with Gasteiger partial charge in [-0.05, 0) is 92.6 Å². The third kappa shape index (κ3) is 4.97. The van der Waals surface area contributed by atoms with E-state index in [0.717, 1.165) is 39.6 Å². The van der Waals surface area contributed by atoms with Gasteiger partial charge in [0.1, 0.15) is 5.75 Å². The second-order valence-electron chi connectivity index (χ2n) is 9.66. The number of amides is 1. The normalized spacial score (nSPS) is 16.8. The molecule has 0 bridgehead atoms. The lowest BCUT2D eigenvalue weighted by Crippen LogP contribution is -2.29. The van der Waals surface area contributed by atoms with Crippen molar-refractivity contribution < 1.29 is 9.53 Å². The fourth-order valence-corrected chi connectivity index (χ4v) is 5.88. The van der Waals surface area contributed by atoms with Crippen molar-refractivity contribution in [3.8, 4) is 11.4 Å². The number of carbonyl (C=O) groups excluding carboxylic acids is 1. The molecule has 0 saturated carbocycles. The van der Waals surface area contributed by atoms with Gasteiger partial charge in [0.05, 0.1) is 30.6 Å². The molecule has 1 aliphatic rings. The predicted octanol–water partition coefficient (Wildman–Crippen LogP) is 6.60. The van der Waals surface area contributed by atoms with E-state index in [2.05, 4.69) is 51.9 Å². The van der Waals surface area contributed by atoms with Crippen LogP contribution in [0.4, 0.5) is 11.4 Å². The molecule has 2 aromatic heterocycles. The second-order valence-corrected chi connectivity index (χ2v) is 10.5. The van der Waals surface area contributed by atoms with Crippen molar-refractivity contribution in [1.29, 1.82) is 0 Å². The van der Waals surface area contributed by atoms with Gasteiger partial charge in [0, 0.05) is 40.9 Å². The highest BCUT2D eigenvalue weighted by Gasteiger charge is 2.42. The summed E-state index contributed by atoms with van der Waals surface area (Å²) < 4.78 is 7.73. The summed E-state index contributed by atoms with van der Waals surface area (Å²) in [5, 5.41) is 7.65. The molecule has 3 heterocycles. The van der Waals surface area contributed by atoms with E-state index in [-0.39, 0.29) is 18.0 Å². The Morgan fingerprint density at radius 3 is 2.59 bits per heavy atom. The zero-order valence-electron chi connectivity index (χ0n) is 22.4. The summed E-state index contributed by atoms with van der Waals surface area (Å²) in [4.78, 5) is 18.7. The monoisotopic (exact) mass is 559 g/mol. The van der Waals surface area contributed by atoms with Crippen molar-refractivity contribution in [2.45, 2.75) is 39.8 Å². The molecule has 0 radical (unpaired) electrons. The first-order valence-corrected chi connectivity index (χ1v) is 13.4. The Morgan fingerprint density at radius 2 is 1.90 bits per heavy atom. The summed E-state index contributed by atoms with van der Waals surface area (Å²) in [5.74, 6) is 0.385. The number of nitrogens with one attached hydrogen (secondary N) is 2. The first-order valence-electron chi connectivity index (χ1n) is 12.6. The van der Waals surface area contributed by atoms with Crippen LogP contribution in [0, 0.1) is 20.8 Å². The minimum atomic E-state index is -0.217. The molecule has 1 saturated heterocycles. The van der Waals surface area contributed by atoms with Gasteiger partial charge in [-0.1, -0.05) is 23.7 Å². The van der Waals surface area contributed by atoms with E-state index < -0.39 is 0 Å². The number of rotatable bonds is 6. The van der Waals surface area contributed by atoms with Crippen molar-refractivity contribution in [1.82, 2.24) is 14.9 Å². The van der Waals surface area contributed by atoms with Crippen LogP contribution in [0.3, 0.4) is 0 Å². The number of pyridine rings is 1. The van der Waals surface area contributed by atoms with Gasteiger partial charge in [-0.25, -0.2) is 0 Å². The van der Waals surface area contributed by atoms with E-state index in [1.54, 1.807) is 13.3 Å². The van der Waals surface area contributed by atoms with Crippen LogP contribution < -0.4 is 20.3 Å². The highest BCUT2D eigenvalue weighted by atomic mass is 35.5. The molecule has 2 N–H and O–H groups in total. The number of methoxy groups -OCH3 is 1. The second kappa shape index (κ2) is 10.7. The number of aryl methyl sites for hydroxylation is 2. The van der Waals surface area contributed by atoms with Gasteiger partial charge in [0.15, 0.2) is 5.11 Å². The molecule has 1 aliphatic heterocycles. The number of carbonyl (C=O) groups is 1. The van der Waals surface area contributed by atoms with Crippen LogP contribution in [0.1, 0.15) is 47.2 Å². The molecule has 200 valence electrons. The lowest BCUT2D eigenvalue weighted by molar-refractivity contribution is -0.114. The van der Waals surface area contributed by atoms with Crippen LogP contribution in [-0.4, -0.2) is 27.7 Å². The third-order valence-electron chi connectivity index (χ3n) is 7.07. The van der Waals surface area contributed by atoms with Gasteiger partial charge in [-0.15, -0.1) is 0 Å². The summed E-state index contributed by atoms with van der Waals surface area (Å²) in [6.07, 6.45) is 1.79. The molecule has 7 nitrogen and oxygen atoms in total. The molecule has 4 aromatic rings. The number of benzene rings is 2. The van der Waals surface area contributed by atoms with Gasteiger partial charge in [-0.3, -0.25) is 9.78 Å². The van der Waals surface area contributed by atoms with Crippen molar-refractivity contribution in [3.63, 3.8) is 0 Å². The van der Waals surface area contributed by atoms with Gasteiger partial charge in [-0.2, -0.15) is 0 Å². The van der Waals surface area contributed by atoms with Crippen molar-refractivity contribution >= 4 is 46.2 Å². The number of hydrogen-bond acceptors (Lipinski definition) is 4. The molecule has 0 unspecified atom stereocenters. The SMILES string of the molecule is COc1ccc(N2C(=S)N[C@@H](c3ccccn3)[C@@H]2c2cc(C)n(-c3cc(Cl)ccc3C)c2C)cc1NC(C)=O. The summed E-state index contributed by atoms with van der Waals surface area (Å²) in [6, 6.07) is 19.3. The Bertz CT molecular complexity index is 1570. The average Bonchev–Trinajstić information content (AvgIpc) is 3.40. The van der Waals surface area contributed by atoms with Crippen LogP contribution in [0.15, 0.2) is 66.9 Å². The van der Waals surface area contributed by atoms with E-state index in [9.17, 15) is 4.79 Å². The molecule has 1 amide bonds. The highest BCUT2D eigenvalue weighted by molar-refractivity contribution is 7.80. The zero-order valence-corrected chi connectivity index (χ0v) is 24.0. The topological polar surface area (TPSA) is 71.4 Å². The first kappa shape index (κ1) is 26.7. The van der Waals surface area contributed by atoms with Crippen LogP contribution in [0.25, 0.3) is 5.69 Å². The molecule has 5 rings (SSSR count). The Balaban J connectivity index is 1.70. The summed E-state index contributed by atoms with van der Waals surface area (Å²) >= 11 is 12.3. The average molecular weight is 560 g/mol. The largest absolute Gasteiger partial charge is 0.495 e. The van der Waals surface area contributed by atoms with Crippen molar-refractivity contribution in [2.24, 2.45) is 0 Å². The van der Waals surface area contributed by atoms with E-state index in [1.807, 2.05) is 54.6 Å². The summed E-state index contributed by atoms with van der Waals surface area (Å²) in [5.41, 5.74) is 7.71. The number of hydrogen-bond donors (Lipinski definition) is 2. The zero-order chi connectivity index (χ0) is 27.8. The minimum Gasteiger partial charge on any atom is -0.495 e.